The Morgan fingerprint density at radius 3 is 2.77 bits per heavy atom. The topological polar surface area (TPSA) is 32.3 Å². The van der Waals surface area contributed by atoms with Crippen molar-refractivity contribution in [2.45, 2.75) is 13.0 Å². The quantitative estimate of drug-likeness (QED) is 0.766. The largest absolute Gasteiger partial charge is 0.387 e. The Balaban J connectivity index is 2.84. The van der Waals surface area contributed by atoms with Gasteiger partial charge in [0.15, 0.2) is 0 Å². The molecule has 13 heavy (non-hydrogen) atoms. The number of hydrogen-bond donors (Lipinski definition) is 2. The van der Waals surface area contributed by atoms with E-state index in [9.17, 15) is 5.11 Å². The van der Waals surface area contributed by atoms with Gasteiger partial charge in [-0.3, -0.25) is 0 Å². The Hall–Kier alpha value is -0.280. The molecule has 1 aromatic rings. The number of aryl methyl sites for hydroxylation is 1. The summed E-state index contributed by atoms with van der Waals surface area (Å²) in [6, 6.07) is 5.45. The lowest BCUT2D eigenvalue weighted by Gasteiger charge is -2.10. The Morgan fingerprint density at radius 1 is 1.54 bits per heavy atom. The van der Waals surface area contributed by atoms with Crippen LogP contribution in [0, 0.1) is 6.92 Å². The van der Waals surface area contributed by atoms with E-state index in [1.807, 2.05) is 19.1 Å². The smallest absolute Gasteiger partial charge is 0.0928 e. The van der Waals surface area contributed by atoms with Gasteiger partial charge in [0, 0.05) is 11.6 Å². The molecule has 0 spiro atoms. The number of benzene rings is 1. The van der Waals surface area contributed by atoms with Gasteiger partial charge in [0.05, 0.1) is 6.10 Å². The van der Waals surface area contributed by atoms with Crippen molar-refractivity contribution in [1.29, 1.82) is 0 Å². The minimum atomic E-state index is -0.615. The molecule has 0 aliphatic heterocycles. The fourth-order valence-corrected chi connectivity index (χ4v) is 1.34. The number of hydrogen-bond acceptors (Lipinski definition) is 2. The minimum Gasteiger partial charge on any atom is -0.387 e. The van der Waals surface area contributed by atoms with E-state index in [1.165, 1.54) is 0 Å². The first-order valence-corrected chi connectivity index (χ1v) is 4.68. The summed E-state index contributed by atoms with van der Waals surface area (Å²) in [5.41, 5.74) is 1.76. The summed E-state index contributed by atoms with van der Waals surface area (Å²) < 4.78 is 0. The predicted molar refractivity (Wildman–Crippen MR) is 55.0 cm³/mol. The van der Waals surface area contributed by atoms with E-state index in [2.05, 4.69) is 4.84 Å². The first-order chi connectivity index (χ1) is 6.15. The maximum atomic E-state index is 9.53. The van der Waals surface area contributed by atoms with Crippen molar-refractivity contribution in [2.75, 3.05) is 6.54 Å². The van der Waals surface area contributed by atoms with Gasteiger partial charge < -0.3 is 5.11 Å². The summed E-state index contributed by atoms with van der Waals surface area (Å²) in [7, 11) is 0. The van der Waals surface area contributed by atoms with Gasteiger partial charge in [-0.15, -0.1) is 0 Å². The van der Waals surface area contributed by atoms with Crippen LogP contribution in [0.1, 0.15) is 17.2 Å². The van der Waals surface area contributed by atoms with Gasteiger partial charge in [0.1, 0.15) is 0 Å². The highest BCUT2D eigenvalue weighted by atomic mass is 35.5. The lowest BCUT2D eigenvalue weighted by atomic mass is 10.1. The Kier molecular flexibility index (Phi) is 4.00. The number of aliphatic hydroxyl groups excluding tert-OH is 1. The Labute approximate surface area is 87.6 Å². The van der Waals surface area contributed by atoms with Crippen LogP contribution >= 0.6 is 23.4 Å². The van der Waals surface area contributed by atoms with Crippen LogP contribution in [0.3, 0.4) is 0 Å². The van der Waals surface area contributed by atoms with Crippen LogP contribution < -0.4 is 4.84 Å². The molecule has 0 unspecified atom stereocenters. The molecule has 0 saturated heterocycles. The molecule has 1 aromatic carbocycles. The van der Waals surface area contributed by atoms with Crippen LogP contribution in [0.2, 0.25) is 5.02 Å². The average molecular weight is 220 g/mol. The number of aliphatic hydroxyl groups is 1. The van der Waals surface area contributed by atoms with E-state index in [1.54, 1.807) is 6.07 Å². The van der Waals surface area contributed by atoms with Gasteiger partial charge in [-0.05, 0) is 35.9 Å². The molecule has 0 radical (unpaired) electrons. The summed E-state index contributed by atoms with van der Waals surface area (Å²) in [4.78, 5) is 2.38. The molecule has 0 aliphatic rings. The second-order valence-corrected chi connectivity index (χ2v) is 3.54. The number of nitrogens with one attached hydrogen (secondary N) is 1. The second kappa shape index (κ2) is 4.82. The van der Waals surface area contributed by atoms with Crippen molar-refractivity contribution < 1.29 is 5.11 Å². The molecule has 1 rings (SSSR count). The molecule has 4 heteroatoms. The van der Waals surface area contributed by atoms with Crippen molar-refractivity contribution in [1.82, 2.24) is 4.84 Å². The first kappa shape index (κ1) is 10.8. The summed E-state index contributed by atoms with van der Waals surface area (Å²) in [5, 5.41) is 10.2. The van der Waals surface area contributed by atoms with Gasteiger partial charge in [-0.25, -0.2) is 4.84 Å². The lowest BCUT2D eigenvalue weighted by molar-refractivity contribution is 0.182. The van der Waals surface area contributed by atoms with Crippen LogP contribution in [-0.2, 0) is 0 Å². The molecule has 2 nitrogen and oxygen atoms in total. The summed E-state index contributed by atoms with van der Waals surface area (Å²) in [6.07, 6.45) is -0.615. The monoisotopic (exact) mass is 219 g/mol. The Morgan fingerprint density at radius 2 is 2.23 bits per heavy atom. The number of halogens is 2. The highest BCUT2D eigenvalue weighted by Crippen LogP contribution is 2.20. The average Bonchev–Trinajstić information content (AvgIpc) is 2.10. The zero-order valence-corrected chi connectivity index (χ0v) is 8.73. The Bertz CT molecular complexity index is 291. The van der Waals surface area contributed by atoms with Crippen LogP contribution in [0.25, 0.3) is 0 Å². The highest BCUT2D eigenvalue weighted by Gasteiger charge is 2.07. The second-order valence-electron chi connectivity index (χ2n) is 2.86. The lowest BCUT2D eigenvalue weighted by Crippen LogP contribution is -2.12. The summed E-state index contributed by atoms with van der Waals surface area (Å²) >= 11 is 11.2. The van der Waals surface area contributed by atoms with Gasteiger partial charge in [-0.2, -0.15) is 0 Å². The molecule has 0 saturated carbocycles. The van der Waals surface area contributed by atoms with E-state index in [0.29, 0.717) is 11.6 Å². The third kappa shape index (κ3) is 2.85. The molecular formula is C9H11Cl2NO. The molecule has 0 aliphatic carbocycles. The van der Waals surface area contributed by atoms with Crippen LogP contribution in [-0.4, -0.2) is 11.7 Å². The van der Waals surface area contributed by atoms with E-state index in [4.69, 9.17) is 23.4 Å². The fraction of sp³-hybridized carbons (Fsp3) is 0.333. The van der Waals surface area contributed by atoms with Gasteiger partial charge in [0.25, 0.3) is 0 Å². The third-order valence-electron chi connectivity index (χ3n) is 1.85. The maximum absolute atomic E-state index is 9.53. The van der Waals surface area contributed by atoms with Crippen LogP contribution in [0.5, 0.6) is 0 Å². The SMILES string of the molecule is Cc1ccc([C@H](O)CNCl)cc1Cl. The van der Waals surface area contributed by atoms with Crippen molar-refractivity contribution in [3.8, 4) is 0 Å². The van der Waals surface area contributed by atoms with E-state index >= 15 is 0 Å². The van der Waals surface area contributed by atoms with Crippen molar-refractivity contribution in [2.24, 2.45) is 0 Å². The standard InChI is InChI=1S/C9H11Cl2NO/c1-6-2-3-7(4-8(6)10)9(13)5-12-11/h2-4,9,12-13H,5H2,1H3/t9-/m1/s1. The summed E-state index contributed by atoms with van der Waals surface area (Å²) in [6.45, 7) is 2.22. The molecule has 1 atom stereocenters. The summed E-state index contributed by atoms with van der Waals surface area (Å²) in [5.74, 6) is 0. The zero-order valence-electron chi connectivity index (χ0n) is 7.22. The molecule has 0 aromatic heterocycles. The molecular weight excluding hydrogens is 209 g/mol. The molecule has 0 amide bonds. The van der Waals surface area contributed by atoms with E-state index in [-0.39, 0.29) is 0 Å². The third-order valence-corrected chi connectivity index (χ3v) is 2.41. The normalized spacial score (nSPS) is 12.9. The molecule has 0 bridgehead atoms. The van der Waals surface area contributed by atoms with Crippen molar-refractivity contribution in [3.05, 3.63) is 34.3 Å². The predicted octanol–water partition coefficient (Wildman–Crippen LogP) is 2.43. The highest BCUT2D eigenvalue weighted by molar-refractivity contribution is 6.31. The maximum Gasteiger partial charge on any atom is 0.0928 e. The van der Waals surface area contributed by atoms with E-state index in [0.717, 1.165) is 11.1 Å². The van der Waals surface area contributed by atoms with Crippen molar-refractivity contribution >= 4 is 23.4 Å². The van der Waals surface area contributed by atoms with Gasteiger partial charge in [0.2, 0.25) is 0 Å². The minimum absolute atomic E-state index is 0.306. The van der Waals surface area contributed by atoms with Gasteiger partial charge >= 0.3 is 0 Å². The van der Waals surface area contributed by atoms with Gasteiger partial charge in [-0.1, -0.05) is 23.7 Å². The van der Waals surface area contributed by atoms with E-state index < -0.39 is 6.10 Å². The molecule has 0 heterocycles. The van der Waals surface area contributed by atoms with Crippen molar-refractivity contribution in [3.63, 3.8) is 0 Å². The number of rotatable bonds is 3. The molecule has 0 fully saturated rings. The molecule has 72 valence electrons. The molecule has 2 N–H and O–H groups in total. The zero-order chi connectivity index (χ0) is 9.84. The fourth-order valence-electron chi connectivity index (χ4n) is 1.01. The first-order valence-electron chi connectivity index (χ1n) is 3.92. The van der Waals surface area contributed by atoms with Crippen LogP contribution in [0.15, 0.2) is 18.2 Å². The van der Waals surface area contributed by atoms with Crippen LogP contribution in [0.4, 0.5) is 0 Å².